The maximum absolute atomic E-state index is 13.6. The van der Waals surface area contributed by atoms with Gasteiger partial charge in [-0.3, -0.25) is 4.90 Å². The maximum atomic E-state index is 13.6. The Hall–Kier alpha value is -1.17. The normalized spacial score (nSPS) is 23.2. The molecule has 1 aliphatic heterocycles. The molecule has 1 N–H and O–H groups in total. The summed E-state index contributed by atoms with van der Waals surface area (Å²) in [4.78, 5) is 2.53. The topological polar surface area (TPSA) is 33.7 Å². The second-order valence-electron chi connectivity index (χ2n) is 5.82. The predicted molar refractivity (Wildman–Crippen MR) is 79.0 cm³/mol. The molecule has 1 saturated carbocycles. The maximum Gasteiger partial charge on any atom is 0.165 e. The minimum atomic E-state index is -0.314. The average molecular weight is 294 g/mol. The number of rotatable bonds is 6. The van der Waals surface area contributed by atoms with Gasteiger partial charge in [0.1, 0.15) is 0 Å². The van der Waals surface area contributed by atoms with E-state index in [9.17, 15) is 4.39 Å². The summed E-state index contributed by atoms with van der Waals surface area (Å²) in [7, 11) is 1.47. The second kappa shape index (κ2) is 6.73. The van der Waals surface area contributed by atoms with Crippen molar-refractivity contribution < 1.29 is 13.9 Å². The third-order valence-electron chi connectivity index (χ3n) is 4.15. The number of nitrogens with one attached hydrogen (secondary N) is 1. The van der Waals surface area contributed by atoms with Crippen molar-refractivity contribution >= 4 is 0 Å². The lowest BCUT2D eigenvalue weighted by Crippen LogP contribution is -2.47. The van der Waals surface area contributed by atoms with Crippen molar-refractivity contribution in [2.24, 2.45) is 0 Å². The van der Waals surface area contributed by atoms with Crippen molar-refractivity contribution in [3.63, 3.8) is 0 Å². The largest absolute Gasteiger partial charge is 0.494 e. The summed E-state index contributed by atoms with van der Waals surface area (Å²) in [5.74, 6) is -0.0277. The van der Waals surface area contributed by atoms with Crippen LogP contribution >= 0.6 is 0 Å². The lowest BCUT2D eigenvalue weighted by atomic mass is 10.2. The van der Waals surface area contributed by atoms with Crippen molar-refractivity contribution in [3.8, 4) is 5.75 Å². The van der Waals surface area contributed by atoms with Gasteiger partial charge in [0, 0.05) is 32.2 Å². The molecule has 0 bridgehead atoms. The molecule has 2 fully saturated rings. The van der Waals surface area contributed by atoms with Crippen LogP contribution in [0.3, 0.4) is 0 Å². The number of methoxy groups -OCH3 is 1. The van der Waals surface area contributed by atoms with E-state index in [0.717, 1.165) is 37.8 Å². The van der Waals surface area contributed by atoms with E-state index in [1.807, 2.05) is 6.07 Å². The Labute approximate surface area is 125 Å². The summed E-state index contributed by atoms with van der Waals surface area (Å²) >= 11 is 0. The first-order valence-corrected chi connectivity index (χ1v) is 7.65. The van der Waals surface area contributed by atoms with Crippen LogP contribution in [0.4, 0.5) is 4.39 Å². The van der Waals surface area contributed by atoms with E-state index >= 15 is 0 Å². The summed E-state index contributed by atoms with van der Waals surface area (Å²) in [5.41, 5.74) is 0.920. The zero-order chi connectivity index (χ0) is 14.7. The Balaban J connectivity index is 1.44. The van der Waals surface area contributed by atoms with Gasteiger partial charge in [-0.2, -0.15) is 0 Å². The molecule has 1 aromatic rings. The van der Waals surface area contributed by atoms with E-state index in [4.69, 9.17) is 9.47 Å². The van der Waals surface area contributed by atoms with Crippen LogP contribution in [-0.4, -0.2) is 50.4 Å². The Bertz CT molecular complexity index is 479. The third kappa shape index (κ3) is 3.93. The highest BCUT2D eigenvalue weighted by Gasteiger charge is 2.32. The van der Waals surface area contributed by atoms with Crippen LogP contribution in [0.1, 0.15) is 18.4 Å². The van der Waals surface area contributed by atoms with Gasteiger partial charge in [0.25, 0.3) is 0 Å². The lowest BCUT2D eigenvalue weighted by molar-refractivity contribution is -0.0301. The van der Waals surface area contributed by atoms with Gasteiger partial charge < -0.3 is 14.8 Å². The van der Waals surface area contributed by atoms with Gasteiger partial charge in [-0.15, -0.1) is 0 Å². The van der Waals surface area contributed by atoms with Crippen LogP contribution in [0.2, 0.25) is 0 Å². The Morgan fingerprint density at radius 2 is 2.29 bits per heavy atom. The molecular formula is C16H23FN2O2. The van der Waals surface area contributed by atoms with Crippen molar-refractivity contribution in [1.29, 1.82) is 0 Å². The fourth-order valence-electron chi connectivity index (χ4n) is 2.83. The number of nitrogens with zero attached hydrogens (tertiary/aromatic N) is 1. The zero-order valence-electron chi connectivity index (χ0n) is 12.5. The SMILES string of the molecule is COc1ccc(CNCC2CN(C3CC3)CCO2)cc1F. The summed E-state index contributed by atoms with van der Waals surface area (Å²) in [6, 6.07) is 5.86. The molecule has 1 aliphatic carbocycles. The average Bonchev–Trinajstić information content (AvgIpc) is 3.32. The molecule has 4 nitrogen and oxygen atoms in total. The van der Waals surface area contributed by atoms with E-state index in [1.54, 1.807) is 6.07 Å². The monoisotopic (exact) mass is 294 g/mol. The van der Waals surface area contributed by atoms with Crippen LogP contribution in [0, 0.1) is 5.82 Å². The number of ether oxygens (including phenoxy) is 2. The third-order valence-corrected chi connectivity index (χ3v) is 4.15. The summed E-state index contributed by atoms with van der Waals surface area (Å²) in [5, 5.41) is 3.36. The van der Waals surface area contributed by atoms with Crippen LogP contribution in [0.25, 0.3) is 0 Å². The summed E-state index contributed by atoms with van der Waals surface area (Å²) < 4.78 is 24.3. The van der Waals surface area contributed by atoms with E-state index in [-0.39, 0.29) is 17.7 Å². The predicted octanol–water partition coefficient (Wildman–Crippen LogP) is 1.79. The lowest BCUT2D eigenvalue weighted by Gasteiger charge is -2.33. The molecule has 3 rings (SSSR count). The molecule has 1 aromatic carbocycles. The van der Waals surface area contributed by atoms with Gasteiger partial charge in [0.15, 0.2) is 11.6 Å². The first-order valence-electron chi connectivity index (χ1n) is 7.65. The summed E-state index contributed by atoms with van der Waals surface area (Å²) in [6.07, 6.45) is 2.92. The zero-order valence-corrected chi connectivity index (χ0v) is 12.5. The van der Waals surface area contributed by atoms with Crippen molar-refractivity contribution in [2.75, 3.05) is 33.4 Å². The molecule has 0 spiro atoms. The molecule has 2 aliphatic rings. The second-order valence-corrected chi connectivity index (χ2v) is 5.82. The Morgan fingerprint density at radius 3 is 3.00 bits per heavy atom. The smallest absolute Gasteiger partial charge is 0.165 e. The molecule has 1 saturated heterocycles. The highest BCUT2D eigenvalue weighted by atomic mass is 19.1. The highest BCUT2D eigenvalue weighted by Crippen LogP contribution is 2.28. The Kier molecular flexibility index (Phi) is 4.73. The molecule has 116 valence electrons. The quantitative estimate of drug-likeness (QED) is 0.867. The van der Waals surface area contributed by atoms with Crippen molar-refractivity contribution in [1.82, 2.24) is 10.2 Å². The van der Waals surface area contributed by atoms with Crippen LogP contribution < -0.4 is 10.1 Å². The standard InChI is InChI=1S/C16H23FN2O2/c1-20-16-5-2-12(8-15(16)17)9-18-10-14-11-19(6-7-21-14)13-3-4-13/h2,5,8,13-14,18H,3-4,6-7,9-11H2,1H3. The van der Waals surface area contributed by atoms with E-state index in [2.05, 4.69) is 10.2 Å². The van der Waals surface area contributed by atoms with E-state index in [1.165, 1.54) is 26.0 Å². The van der Waals surface area contributed by atoms with Gasteiger partial charge in [0.2, 0.25) is 0 Å². The number of hydrogen-bond acceptors (Lipinski definition) is 4. The molecule has 1 heterocycles. The molecule has 0 amide bonds. The van der Waals surface area contributed by atoms with Crippen LogP contribution in [-0.2, 0) is 11.3 Å². The van der Waals surface area contributed by atoms with Crippen LogP contribution in [0.15, 0.2) is 18.2 Å². The molecular weight excluding hydrogens is 271 g/mol. The number of halogens is 1. The first-order chi connectivity index (χ1) is 10.3. The fraction of sp³-hybridized carbons (Fsp3) is 0.625. The Morgan fingerprint density at radius 1 is 1.43 bits per heavy atom. The van der Waals surface area contributed by atoms with E-state index in [0.29, 0.717) is 6.54 Å². The molecule has 1 unspecified atom stereocenters. The van der Waals surface area contributed by atoms with E-state index < -0.39 is 0 Å². The van der Waals surface area contributed by atoms with Crippen molar-refractivity contribution in [3.05, 3.63) is 29.6 Å². The summed E-state index contributed by atoms with van der Waals surface area (Å²) in [6.45, 7) is 4.33. The molecule has 1 atom stereocenters. The minimum absolute atomic E-state index is 0.238. The first kappa shape index (κ1) is 14.8. The molecule has 0 radical (unpaired) electrons. The number of benzene rings is 1. The van der Waals surface area contributed by atoms with Crippen molar-refractivity contribution in [2.45, 2.75) is 31.5 Å². The van der Waals surface area contributed by atoms with Gasteiger partial charge in [0.05, 0.1) is 19.8 Å². The van der Waals surface area contributed by atoms with Gasteiger partial charge in [-0.05, 0) is 30.5 Å². The van der Waals surface area contributed by atoms with Crippen LogP contribution in [0.5, 0.6) is 5.75 Å². The number of morpholine rings is 1. The highest BCUT2D eigenvalue weighted by molar-refractivity contribution is 5.29. The minimum Gasteiger partial charge on any atom is -0.494 e. The molecule has 5 heteroatoms. The van der Waals surface area contributed by atoms with Gasteiger partial charge in [-0.25, -0.2) is 4.39 Å². The number of hydrogen-bond donors (Lipinski definition) is 1. The van der Waals surface area contributed by atoms with Gasteiger partial charge in [-0.1, -0.05) is 6.07 Å². The van der Waals surface area contributed by atoms with Gasteiger partial charge >= 0.3 is 0 Å². The molecule has 0 aromatic heterocycles. The fourth-order valence-corrected chi connectivity index (χ4v) is 2.83. The molecule has 21 heavy (non-hydrogen) atoms.